The Labute approximate surface area is 164 Å². The predicted molar refractivity (Wildman–Crippen MR) is 107 cm³/mol. The summed E-state index contributed by atoms with van der Waals surface area (Å²) in [6, 6.07) is 19.2. The molecule has 144 valence electrons. The van der Waals surface area contributed by atoms with Crippen LogP contribution in [0.3, 0.4) is 0 Å². The first-order valence-corrected chi connectivity index (χ1v) is 9.65. The number of amides is 2. The highest BCUT2D eigenvalue weighted by molar-refractivity contribution is 5.89. The lowest BCUT2D eigenvalue weighted by atomic mass is 9.79. The Balaban J connectivity index is 1.70. The Morgan fingerprint density at radius 3 is 2.32 bits per heavy atom. The van der Waals surface area contributed by atoms with Crippen molar-refractivity contribution in [1.29, 1.82) is 0 Å². The minimum absolute atomic E-state index is 0.157. The zero-order valence-electron chi connectivity index (χ0n) is 16.0. The van der Waals surface area contributed by atoms with Gasteiger partial charge in [-0.15, -0.1) is 5.10 Å². The quantitative estimate of drug-likeness (QED) is 0.747. The van der Waals surface area contributed by atoms with Crippen molar-refractivity contribution >= 4 is 11.7 Å². The van der Waals surface area contributed by atoms with Crippen molar-refractivity contribution in [2.45, 2.75) is 37.6 Å². The van der Waals surface area contributed by atoms with Gasteiger partial charge in [0, 0.05) is 12.7 Å². The molecule has 7 heteroatoms. The molecule has 0 saturated heterocycles. The molecule has 28 heavy (non-hydrogen) atoms. The molecule has 0 unspecified atom stereocenters. The molecule has 1 aliphatic carbocycles. The maximum absolute atomic E-state index is 13.1. The predicted octanol–water partition coefficient (Wildman–Crippen LogP) is 3.99. The van der Waals surface area contributed by atoms with Crippen molar-refractivity contribution in [2.75, 3.05) is 12.4 Å². The number of hydrogen-bond donors (Lipinski definition) is 1. The van der Waals surface area contributed by atoms with Gasteiger partial charge < -0.3 is 10.2 Å². The third-order valence-electron chi connectivity index (χ3n) is 5.54. The SMILES string of the molecule is CN(C(=O)Nc1ccccc1)C1(c2nnnn2-c2ccccc2)CCCCC1. The molecule has 1 heterocycles. The summed E-state index contributed by atoms with van der Waals surface area (Å²) in [5, 5.41) is 15.6. The molecule has 1 aliphatic rings. The zero-order chi connectivity index (χ0) is 19.4. The third kappa shape index (κ3) is 3.35. The lowest BCUT2D eigenvalue weighted by Gasteiger charge is -2.43. The molecular weight excluding hydrogens is 352 g/mol. The number of nitrogens with zero attached hydrogens (tertiary/aromatic N) is 5. The van der Waals surface area contributed by atoms with Crippen LogP contribution in [-0.4, -0.2) is 38.2 Å². The number of para-hydroxylation sites is 2. The second kappa shape index (κ2) is 7.80. The summed E-state index contributed by atoms with van der Waals surface area (Å²) in [6.45, 7) is 0. The molecule has 1 fully saturated rings. The van der Waals surface area contributed by atoms with Gasteiger partial charge in [0.2, 0.25) is 0 Å². The maximum atomic E-state index is 13.1. The van der Waals surface area contributed by atoms with Gasteiger partial charge in [-0.2, -0.15) is 4.68 Å². The number of carbonyl (C=O) groups is 1. The van der Waals surface area contributed by atoms with Crippen molar-refractivity contribution in [2.24, 2.45) is 0 Å². The Hall–Kier alpha value is -3.22. The lowest BCUT2D eigenvalue weighted by molar-refractivity contribution is 0.0936. The summed E-state index contributed by atoms with van der Waals surface area (Å²) in [7, 11) is 1.84. The standard InChI is InChI=1S/C21H24N6O/c1-26(20(28)22-17-11-5-2-6-12-17)21(15-9-4-10-16-21)19-23-24-25-27(19)18-13-7-3-8-14-18/h2-3,5-8,11-14H,4,9-10,15-16H2,1H3,(H,22,28). The fourth-order valence-electron chi connectivity index (χ4n) is 3.99. The first-order chi connectivity index (χ1) is 13.7. The normalized spacial score (nSPS) is 15.8. The molecule has 0 atom stereocenters. The van der Waals surface area contributed by atoms with Crippen LogP contribution in [0.4, 0.5) is 10.5 Å². The van der Waals surface area contributed by atoms with Crippen LogP contribution in [0.15, 0.2) is 60.7 Å². The summed E-state index contributed by atoms with van der Waals surface area (Å²) < 4.78 is 1.76. The van der Waals surface area contributed by atoms with Crippen LogP contribution in [0, 0.1) is 0 Å². The van der Waals surface area contributed by atoms with Gasteiger partial charge >= 0.3 is 6.03 Å². The number of urea groups is 1. The fraction of sp³-hybridized carbons (Fsp3) is 0.333. The molecule has 3 aromatic rings. The van der Waals surface area contributed by atoms with Crippen LogP contribution in [0.5, 0.6) is 0 Å². The second-order valence-corrected chi connectivity index (χ2v) is 7.20. The Morgan fingerprint density at radius 2 is 1.64 bits per heavy atom. The summed E-state index contributed by atoms with van der Waals surface area (Å²) in [4.78, 5) is 14.9. The minimum atomic E-state index is -0.545. The smallest absolute Gasteiger partial charge is 0.315 e. The molecule has 0 spiro atoms. The molecular formula is C21H24N6O. The number of hydrogen-bond acceptors (Lipinski definition) is 4. The van der Waals surface area contributed by atoms with Gasteiger partial charge in [0.05, 0.1) is 5.69 Å². The maximum Gasteiger partial charge on any atom is 0.322 e. The topological polar surface area (TPSA) is 75.9 Å². The number of rotatable bonds is 4. The molecule has 7 nitrogen and oxygen atoms in total. The summed E-state index contributed by atoms with van der Waals surface area (Å²) >= 11 is 0. The molecule has 2 aromatic carbocycles. The molecule has 0 aliphatic heterocycles. The average Bonchev–Trinajstić information content (AvgIpc) is 3.25. The van der Waals surface area contributed by atoms with E-state index >= 15 is 0 Å². The Morgan fingerprint density at radius 1 is 1.00 bits per heavy atom. The second-order valence-electron chi connectivity index (χ2n) is 7.20. The highest BCUT2D eigenvalue weighted by Gasteiger charge is 2.45. The van der Waals surface area contributed by atoms with Crippen LogP contribution in [0.2, 0.25) is 0 Å². The molecule has 0 bridgehead atoms. The van der Waals surface area contributed by atoms with Crippen molar-refractivity contribution in [3.05, 3.63) is 66.5 Å². The van der Waals surface area contributed by atoms with Crippen LogP contribution in [-0.2, 0) is 5.54 Å². The van der Waals surface area contributed by atoms with Gasteiger partial charge in [0.25, 0.3) is 0 Å². The molecule has 0 radical (unpaired) electrons. The van der Waals surface area contributed by atoms with Crippen molar-refractivity contribution < 1.29 is 4.79 Å². The van der Waals surface area contributed by atoms with E-state index in [1.165, 1.54) is 0 Å². The van der Waals surface area contributed by atoms with E-state index in [9.17, 15) is 4.79 Å². The van der Waals surface area contributed by atoms with Crippen molar-refractivity contribution in [3.63, 3.8) is 0 Å². The molecule has 1 aromatic heterocycles. The van der Waals surface area contributed by atoms with E-state index in [4.69, 9.17) is 0 Å². The number of tetrazole rings is 1. The van der Waals surface area contributed by atoms with Crippen molar-refractivity contribution in [1.82, 2.24) is 25.1 Å². The molecule has 2 amide bonds. The number of carbonyl (C=O) groups excluding carboxylic acids is 1. The highest BCUT2D eigenvalue weighted by atomic mass is 16.2. The Kier molecular flexibility index (Phi) is 5.06. The van der Waals surface area contributed by atoms with Crippen LogP contribution in [0.1, 0.15) is 37.9 Å². The fourth-order valence-corrected chi connectivity index (χ4v) is 3.99. The number of anilines is 1. The van der Waals surface area contributed by atoms with Gasteiger partial charge in [-0.1, -0.05) is 55.7 Å². The monoisotopic (exact) mass is 376 g/mol. The van der Waals surface area contributed by atoms with Gasteiger partial charge in [-0.25, -0.2) is 4.79 Å². The van der Waals surface area contributed by atoms with Crippen molar-refractivity contribution in [3.8, 4) is 5.69 Å². The number of aromatic nitrogens is 4. The van der Waals surface area contributed by atoms with Gasteiger partial charge in [0.15, 0.2) is 5.82 Å². The van der Waals surface area contributed by atoms with E-state index in [0.717, 1.165) is 43.5 Å². The number of benzene rings is 2. The van der Waals surface area contributed by atoms with Crippen LogP contribution in [0.25, 0.3) is 5.69 Å². The zero-order valence-corrected chi connectivity index (χ0v) is 16.0. The molecule has 1 saturated carbocycles. The van der Waals surface area contributed by atoms with E-state index in [1.54, 1.807) is 9.58 Å². The summed E-state index contributed by atoms with van der Waals surface area (Å²) in [5.74, 6) is 0.712. The van der Waals surface area contributed by atoms with Crippen LogP contribution < -0.4 is 5.32 Å². The molecule has 4 rings (SSSR count). The van der Waals surface area contributed by atoms with Gasteiger partial charge in [0.1, 0.15) is 5.54 Å². The number of nitrogens with one attached hydrogen (secondary N) is 1. The third-order valence-corrected chi connectivity index (χ3v) is 5.54. The Bertz CT molecular complexity index is 918. The van der Waals surface area contributed by atoms with E-state index in [-0.39, 0.29) is 6.03 Å². The minimum Gasteiger partial charge on any atom is -0.315 e. The van der Waals surface area contributed by atoms with E-state index in [0.29, 0.717) is 5.82 Å². The largest absolute Gasteiger partial charge is 0.322 e. The van der Waals surface area contributed by atoms with Gasteiger partial charge in [-0.3, -0.25) is 0 Å². The van der Waals surface area contributed by atoms with E-state index in [1.807, 2.05) is 67.7 Å². The average molecular weight is 376 g/mol. The van der Waals surface area contributed by atoms with Crippen LogP contribution >= 0.6 is 0 Å². The summed E-state index contributed by atoms with van der Waals surface area (Å²) in [6.07, 6.45) is 4.88. The van der Waals surface area contributed by atoms with Gasteiger partial charge in [-0.05, 0) is 47.5 Å². The van der Waals surface area contributed by atoms with E-state index in [2.05, 4.69) is 20.8 Å². The highest BCUT2D eigenvalue weighted by Crippen LogP contribution is 2.41. The first kappa shape index (κ1) is 18.2. The molecule has 1 N–H and O–H groups in total. The summed E-state index contributed by atoms with van der Waals surface area (Å²) in [5.41, 5.74) is 1.12. The first-order valence-electron chi connectivity index (χ1n) is 9.65. The lowest BCUT2D eigenvalue weighted by Crippen LogP contribution is -2.51. The van der Waals surface area contributed by atoms with E-state index < -0.39 is 5.54 Å².